The molecule has 0 saturated carbocycles. The van der Waals surface area contributed by atoms with Gasteiger partial charge in [0.15, 0.2) is 0 Å². The Kier molecular flexibility index (Phi) is 4.11. The van der Waals surface area contributed by atoms with Gasteiger partial charge < -0.3 is 15.3 Å². The van der Waals surface area contributed by atoms with Gasteiger partial charge in [0.1, 0.15) is 5.75 Å². The average molecular weight is 363 g/mol. The monoisotopic (exact) mass is 363 g/mol. The first kappa shape index (κ1) is 17.1. The maximum Gasteiger partial charge on any atom is 0.322 e. The van der Waals surface area contributed by atoms with E-state index >= 15 is 0 Å². The molecule has 0 radical (unpaired) electrons. The molecule has 1 unspecified atom stereocenters. The van der Waals surface area contributed by atoms with Crippen LogP contribution in [-0.2, 0) is 11.3 Å². The molecule has 4 rings (SSSR count). The summed E-state index contributed by atoms with van der Waals surface area (Å²) in [6, 6.07) is 13.9. The number of phenols is 1. The van der Waals surface area contributed by atoms with E-state index < -0.39 is 6.04 Å². The minimum Gasteiger partial charge on any atom is -0.508 e. The second-order valence-electron chi connectivity index (χ2n) is 7.04. The van der Waals surface area contributed by atoms with Crippen LogP contribution in [0.2, 0.25) is 0 Å². The number of aromatic hydroxyl groups is 1. The Morgan fingerprint density at radius 3 is 2.41 bits per heavy atom. The molecule has 138 valence electrons. The third-order valence-electron chi connectivity index (χ3n) is 5.16. The molecule has 0 fully saturated rings. The summed E-state index contributed by atoms with van der Waals surface area (Å²) in [5.41, 5.74) is 4.32. The lowest BCUT2D eigenvalue weighted by Gasteiger charge is -2.31. The molecule has 1 atom stereocenters. The van der Waals surface area contributed by atoms with Crippen LogP contribution < -0.4 is 5.32 Å². The van der Waals surface area contributed by atoms with Crippen molar-refractivity contribution in [3.05, 3.63) is 76.5 Å². The van der Waals surface area contributed by atoms with E-state index in [-0.39, 0.29) is 17.7 Å². The van der Waals surface area contributed by atoms with Gasteiger partial charge in [0.05, 0.1) is 23.9 Å². The molecule has 6 heteroatoms. The van der Waals surface area contributed by atoms with Crippen LogP contribution in [0.4, 0.5) is 4.79 Å². The Balaban J connectivity index is 1.65. The van der Waals surface area contributed by atoms with E-state index in [1.54, 1.807) is 36.2 Å². The van der Waals surface area contributed by atoms with Crippen molar-refractivity contribution < 1.29 is 14.7 Å². The molecule has 0 aliphatic carbocycles. The third-order valence-corrected chi connectivity index (χ3v) is 5.16. The van der Waals surface area contributed by atoms with Crippen LogP contribution in [0.3, 0.4) is 0 Å². The maximum atomic E-state index is 13.2. The second kappa shape index (κ2) is 6.46. The molecule has 3 amide bonds. The Labute approximate surface area is 157 Å². The van der Waals surface area contributed by atoms with Crippen LogP contribution in [0.25, 0.3) is 0 Å². The van der Waals surface area contributed by atoms with Crippen molar-refractivity contribution in [3.63, 3.8) is 0 Å². The van der Waals surface area contributed by atoms with Gasteiger partial charge in [0, 0.05) is 13.6 Å². The quantitative estimate of drug-likeness (QED) is 0.881. The van der Waals surface area contributed by atoms with Gasteiger partial charge in [0.2, 0.25) is 0 Å². The number of phenolic OH excluding ortho intramolecular Hbond substituents is 1. The highest BCUT2D eigenvalue weighted by Crippen LogP contribution is 2.36. The fourth-order valence-corrected chi connectivity index (χ4v) is 3.58. The number of nitrogens with zero attached hydrogens (tertiary/aromatic N) is 2. The minimum atomic E-state index is -0.514. The lowest BCUT2D eigenvalue weighted by molar-refractivity contribution is -0.126. The van der Waals surface area contributed by atoms with Crippen LogP contribution >= 0.6 is 0 Å². The zero-order chi connectivity index (χ0) is 19.1. The Bertz CT molecular complexity index is 932. The van der Waals surface area contributed by atoms with Crippen LogP contribution in [0.5, 0.6) is 5.75 Å². The molecule has 2 aliphatic heterocycles. The number of carbonyl (C=O) groups excluding carboxylic acids is 2. The number of amides is 3. The fourth-order valence-electron chi connectivity index (χ4n) is 3.58. The molecule has 6 nitrogen and oxygen atoms in total. The van der Waals surface area contributed by atoms with Crippen molar-refractivity contribution in [1.82, 2.24) is 15.1 Å². The lowest BCUT2D eigenvalue weighted by atomic mass is 9.95. The predicted molar refractivity (Wildman–Crippen MR) is 101 cm³/mol. The molecule has 2 aromatic rings. The SMILES string of the molecule is Cc1ccc(CN2CC3=C(C2=O)C(c2ccc(O)cc2)NC(=O)N3C)cc1. The topological polar surface area (TPSA) is 72.9 Å². The van der Waals surface area contributed by atoms with E-state index in [1.807, 2.05) is 31.2 Å². The number of aryl methyl sites for hydroxylation is 1. The van der Waals surface area contributed by atoms with Crippen molar-refractivity contribution in [2.45, 2.75) is 19.5 Å². The Morgan fingerprint density at radius 2 is 1.74 bits per heavy atom. The van der Waals surface area contributed by atoms with Gasteiger partial charge in [-0.3, -0.25) is 9.69 Å². The zero-order valence-corrected chi connectivity index (χ0v) is 15.3. The predicted octanol–water partition coefficient (Wildman–Crippen LogP) is 2.69. The molecular formula is C21H21N3O3. The second-order valence-corrected chi connectivity index (χ2v) is 7.04. The summed E-state index contributed by atoms with van der Waals surface area (Å²) in [5, 5.41) is 12.4. The van der Waals surface area contributed by atoms with Crippen molar-refractivity contribution >= 4 is 11.9 Å². The number of benzene rings is 2. The van der Waals surface area contributed by atoms with Crippen LogP contribution in [0, 0.1) is 6.92 Å². The zero-order valence-electron chi connectivity index (χ0n) is 15.3. The summed E-state index contributed by atoms with van der Waals surface area (Å²) >= 11 is 0. The van der Waals surface area contributed by atoms with E-state index in [0.29, 0.717) is 18.7 Å². The van der Waals surface area contributed by atoms with Gasteiger partial charge in [-0.2, -0.15) is 0 Å². The number of nitrogens with one attached hydrogen (secondary N) is 1. The molecule has 27 heavy (non-hydrogen) atoms. The molecule has 0 saturated heterocycles. The normalized spacial score (nSPS) is 19.4. The number of hydrogen-bond donors (Lipinski definition) is 2. The van der Waals surface area contributed by atoms with Gasteiger partial charge in [-0.05, 0) is 30.2 Å². The summed E-state index contributed by atoms with van der Waals surface area (Å²) in [6.07, 6.45) is 0. The molecule has 2 aliphatic rings. The fraction of sp³-hybridized carbons (Fsp3) is 0.238. The first-order valence-electron chi connectivity index (χ1n) is 8.85. The van der Waals surface area contributed by atoms with Gasteiger partial charge in [-0.15, -0.1) is 0 Å². The lowest BCUT2D eigenvalue weighted by Crippen LogP contribution is -2.45. The highest BCUT2D eigenvalue weighted by atomic mass is 16.3. The van der Waals surface area contributed by atoms with Gasteiger partial charge in [-0.25, -0.2) is 4.79 Å². The number of likely N-dealkylation sites (N-methyl/N-ethyl adjacent to an activating group) is 1. The largest absolute Gasteiger partial charge is 0.508 e. The molecule has 0 bridgehead atoms. The van der Waals surface area contributed by atoms with Crippen LogP contribution in [-0.4, -0.2) is 40.4 Å². The van der Waals surface area contributed by atoms with Gasteiger partial charge >= 0.3 is 6.03 Å². The summed E-state index contributed by atoms with van der Waals surface area (Å²) in [7, 11) is 1.68. The van der Waals surface area contributed by atoms with E-state index in [1.165, 1.54) is 10.5 Å². The van der Waals surface area contributed by atoms with Crippen molar-refractivity contribution in [3.8, 4) is 5.75 Å². The average Bonchev–Trinajstić information content (AvgIpc) is 2.98. The smallest absolute Gasteiger partial charge is 0.322 e. The minimum absolute atomic E-state index is 0.0736. The highest BCUT2D eigenvalue weighted by Gasteiger charge is 2.42. The summed E-state index contributed by atoms with van der Waals surface area (Å²) < 4.78 is 0. The number of carbonyl (C=O) groups is 2. The number of urea groups is 1. The van der Waals surface area contributed by atoms with E-state index in [2.05, 4.69) is 5.32 Å². The summed E-state index contributed by atoms with van der Waals surface area (Å²) in [4.78, 5) is 28.8. The van der Waals surface area contributed by atoms with Crippen LogP contribution in [0.1, 0.15) is 22.7 Å². The van der Waals surface area contributed by atoms with Crippen molar-refractivity contribution in [1.29, 1.82) is 0 Å². The number of hydrogen-bond acceptors (Lipinski definition) is 3. The maximum absolute atomic E-state index is 13.2. The third kappa shape index (κ3) is 3.03. The molecule has 0 spiro atoms. The molecule has 0 aromatic heterocycles. The first-order valence-corrected chi connectivity index (χ1v) is 8.85. The summed E-state index contributed by atoms with van der Waals surface area (Å²) in [5.74, 6) is 0.0708. The summed E-state index contributed by atoms with van der Waals surface area (Å²) in [6.45, 7) is 2.93. The Morgan fingerprint density at radius 1 is 1.07 bits per heavy atom. The van der Waals surface area contributed by atoms with Crippen molar-refractivity contribution in [2.75, 3.05) is 13.6 Å². The van der Waals surface area contributed by atoms with Crippen LogP contribution in [0.15, 0.2) is 59.8 Å². The number of rotatable bonds is 3. The highest BCUT2D eigenvalue weighted by molar-refractivity contribution is 6.01. The Hall–Kier alpha value is -3.28. The molecule has 2 N–H and O–H groups in total. The van der Waals surface area contributed by atoms with E-state index in [9.17, 15) is 14.7 Å². The van der Waals surface area contributed by atoms with Gasteiger partial charge in [0.25, 0.3) is 5.91 Å². The van der Waals surface area contributed by atoms with E-state index in [4.69, 9.17) is 0 Å². The van der Waals surface area contributed by atoms with E-state index in [0.717, 1.165) is 16.8 Å². The standard InChI is InChI=1S/C21H21N3O3/c1-13-3-5-14(6-4-13)11-24-12-17-18(20(24)26)19(22-21(27)23(17)2)15-7-9-16(25)10-8-15/h3-10,19,25H,11-12H2,1-2H3,(H,22,27). The van der Waals surface area contributed by atoms with Crippen molar-refractivity contribution in [2.24, 2.45) is 0 Å². The molecule has 2 heterocycles. The van der Waals surface area contributed by atoms with Gasteiger partial charge in [-0.1, -0.05) is 42.0 Å². The molecule has 2 aromatic carbocycles. The first-order chi connectivity index (χ1) is 12.9. The molecular weight excluding hydrogens is 342 g/mol.